The second-order valence-corrected chi connectivity index (χ2v) is 3.21. The van der Waals surface area contributed by atoms with Crippen LogP contribution >= 0.6 is 0 Å². The molecule has 0 saturated carbocycles. The van der Waals surface area contributed by atoms with E-state index in [0.717, 1.165) is 6.61 Å². The molecule has 0 radical (unpaired) electrons. The lowest BCUT2D eigenvalue weighted by Gasteiger charge is -2.05. The first-order valence-corrected chi connectivity index (χ1v) is 5.29. The summed E-state index contributed by atoms with van der Waals surface area (Å²) < 4.78 is 20.6. The summed E-state index contributed by atoms with van der Waals surface area (Å²) in [5.41, 5.74) is 7.99. The van der Waals surface area contributed by atoms with Crippen molar-refractivity contribution in [1.82, 2.24) is 0 Å². The Labute approximate surface area is 94.2 Å². The summed E-state index contributed by atoms with van der Waals surface area (Å²) in [7, 11) is 0. The van der Waals surface area contributed by atoms with Crippen LogP contribution in [0, 0.1) is 0 Å². The van der Waals surface area contributed by atoms with Crippen molar-refractivity contribution in [3.8, 4) is 0 Å². The van der Waals surface area contributed by atoms with Crippen molar-refractivity contribution in [3.05, 3.63) is 10.4 Å². The lowest BCUT2D eigenvalue weighted by atomic mass is 10.5. The Hall–Kier alpha value is -0.850. The molecule has 7 nitrogen and oxygen atoms in total. The highest BCUT2D eigenvalue weighted by molar-refractivity contribution is 4.66. The minimum absolute atomic E-state index is 0.309. The van der Waals surface area contributed by atoms with Gasteiger partial charge in [0.05, 0.1) is 46.2 Å². The number of rotatable bonds is 11. The smallest absolute Gasteiger partial charge is 0.104 e. The third-order valence-corrected chi connectivity index (χ3v) is 1.85. The number of nitrogens with zero attached hydrogens (tertiary/aromatic N) is 3. The number of epoxide rings is 1. The zero-order chi connectivity index (χ0) is 11.5. The highest BCUT2D eigenvalue weighted by atomic mass is 16.6. The summed E-state index contributed by atoms with van der Waals surface area (Å²) in [5.74, 6) is 0. The molecule has 0 aliphatic carbocycles. The van der Waals surface area contributed by atoms with Crippen LogP contribution in [-0.2, 0) is 18.9 Å². The summed E-state index contributed by atoms with van der Waals surface area (Å²) in [6.45, 7) is 4.45. The van der Waals surface area contributed by atoms with E-state index >= 15 is 0 Å². The molecule has 1 heterocycles. The van der Waals surface area contributed by atoms with Crippen LogP contribution in [0.25, 0.3) is 10.4 Å². The van der Waals surface area contributed by atoms with Gasteiger partial charge in [-0.3, -0.25) is 0 Å². The van der Waals surface area contributed by atoms with Crippen LogP contribution in [0.4, 0.5) is 0 Å². The van der Waals surface area contributed by atoms with Crippen molar-refractivity contribution in [3.63, 3.8) is 0 Å². The standard InChI is InChI=1S/C9H17N3O4/c10-12-11-1-2-13-3-4-14-5-6-15-7-9-8-16-9/h9H,1-8H2. The first-order chi connectivity index (χ1) is 7.93. The lowest BCUT2D eigenvalue weighted by Crippen LogP contribution is -2.12. The molecule has 16 heavy (non-hydrogen) atoms. The molecule has 92 valence electrons. The number of ether oxygens (including phenoxy) is 4. The normalized spacial score (nSPS) is 18.1. The van der Waals surface area contributed by atoms with E-state index in [4.69, 9.17) is 24.5 Å². The monoisotopic (exact) mass is 231 g/mol. The van der Waals surface area contributed by atoms with Crippen LogP contribution in [0.5, 0.6) is 0 Å². The van der Waals surface area contributed by atoms with Gasteiger partial charge in [0.25, 0.3) is 0 Å². The molecule has 1 aliphatic heterocycles. The van der Waals surface area contributed by atoms with E-state index in [1.165, 1.54) is 0 Å². The Balaban J connectivity index is 1.65. The molecule has 1 unspecified atom stereocenters. The van der Waals surface area contributed by atoms with Gasteiger partial charge in [-0.25, -0.2) is 0 Å². The minimum Gasteiger partial charge on any atom is -0.379 e. The van der Waals surface area contributed by atoms with Crippen molar-refractivity contribution in [2.24, 2.45) is 5.11 Å². The molecule has 1 atom stereocenters. The minimum atomic E-state index is 0.309. The van der Waals surface area contributed by atoms with Crippen molar-refractivity contribution >= 4 is 0 Å². The second-order valence-electron chi connectivity index (χ2n) is 3.21. The fourth-order valence-electron chi connectivity index (χ4n) is 0.969. The number of hydrogen-bond donors (Lipinski definition) is 0. The molecule has 7 heteroatoms. The fourth-order valence-corrected chi connectivity index (χ4v) is 0.969. The van der Waals surface area contributed by atoms with E-state index in [-0.39, 0.29) is 0 Å². The zero-order valence-corrected chi connectivity index (χ0v) is 9.21. The highest BCUT2D eigenvalue weighted by Crippen LogP contribution is 2.07. The number of azide groups is 1. The maximum Gasteiger partial charge on any atom is 0.104 e. The molecule has 0 spiro atoms. The van der Waals surface area contributed by atoms with Crippen LogP contribution in [0.15, 0.2) is 5.11 Å². The average molecular weight is 231 g/mol. The summed E-state index contributed by atoms with van der Waals surface area (Å²) in [5, 5.41) is 3.34. The molecular formula is C9H17N3O4. The van der Waals surface area contributed by atoms with E-state index < -0.39 is 0 Å². The van der Waals surface area contributed by atoms with Crippen LogP contribution in [-0.4, -0.2) is 58.9 Å². The predicted octanol–water partition coefficient (Wildman–Crippen LogP) is 0.745. The van der Waals surface area contributed by atoms with E-state index in [9.17, 15) is 0 Å². The number of hydrogen-bond acceptors (Lipinski definition) is 5. The molecule has 1 aliphatic rings. The van der Waals surface area contributed by atoms with Gasteiger partial charge in [0.1, 0.15) is 6.10 Å². The van der Waals surface area contributed by atoms with E-state index in [2.05, 4.69) is 10.0 Å². The molecule has 1 saturated heterocycles. The van der Waals surface area contributed by atoms with Gasteiger partial charge in [-0.15, -0.1) is 0 Å². The molecule has 0 bridgehead atoms. The third kappa shape index (κ3) is 8.46. The van der Waals surface area contributed by atoms with Gasteiger partial charge in [0.15, 0.2) is 0 Å². The van der Waals surface area contributed by atoms with Crippen molar-refractivity contribution in [2.75, 3.05) is 52.8 Å². The summed E-state index contributed by atoms with van der Waals surface area (Å²) >= 11 is 0. The van der Waals surface area contributed by atoms with Gasteiger partial charge < -0.3 is 18.9 Å². The van der Waals surface area contributed by atoms with Gasteiger partial charge in [0, 0.05) is 11.5 Å². The lowest BCUT2D eigenvalue weighted by molar-refractivity contribution is 0.0132. The molecule has 1 rings (SSSR count). The van der Waals surface area contributed by atoms with E-state index in [0.29, 0.717) is 52.3 Å². The zero-order valence-electron chi connectivity index (χ0n) is 9.21. The molecule has 0 aromatic heterocycles. The van der Waals surface area contributed by atoms with Gasteiger partial charge in [-0.05, 0) is 5.53 Å². The van der Waals surface area contributed by atoms with Gasteiger partial charge in [-0.1, -0.05) is 5.11 Å². The largest absolute Gasteiger partial charge is 0.379 e. The topological polar surface area (TPSA) is 89.0 Å². The van der Waals surface area contributed by atoms with Crippen molar-refractivity contribution in [2.45, 2.75) is 6.10 Å². The van der Waals surface area contributed by atoms with Crippen molar-refractivity contribution < 1.29 is 18.9 Å². The average Bonchev–Trinajstić information content (AvgIpc) is 3.10. The van der Waals surface area contributed by atoms with Crippen LogP contribution in [0.2, 0.25) is 0 Å². The van der Waals surface area contributed by atoms with Crippen LogP contribution in [0.3, 0.4) is 0 Å². The highest BCUT2D eigenvalue weighted by Gasteiger charge is 2.21. The first-order valence-electron chi connectivity index (χ1n) is 5.29. The quantitative estimate of drug-likeness (QED) is 0.172. The van der Waals surface area contributed by atoms with Gasteiger partial charge >= 0.3 is 0 Å². The summed E-state index contributed by atoms with van der Waals surface area (Å²) in [6.07, 6.45) is 0.309. The third-order valence-electron chi connectivity index (χ3n) is 1.85. The Kier molecular flexibility index (Phi) is 7.75. The molecule has 0 amide bonds. The molecule has 0 N–H and O–H groups in total. The molecule has 0 aromatic carbocycles. The maximum absolute atomic E-state index is 7.99. The van der Waals surface area contributed by atoms with Crippen molar-refractivity contribution in [1.29, 1.82) is 0 Å². The Morgan fingerprint density at radius 1 is 1.12 bits per heavy atom. The Bertz CT molecular complexity index is 217. The molecule has 1 fully saturated rings. The Morgan fingerprint density at radius 3 is 2.38 bits per heavy atom. The molecular weight excluding hydrogens is 214 g/mol. The van der Waals surface area contributed by atoms with E-state index in [1.54, 1.807) is 0 Å². The SMILES string of the molecule is [N-]=[N+]=NCCOCCOCCOCC1CO1. The van der Waals surface area contributed by atoms with Gasteiger partial charge in [-0.2, -0.15) is 0 Å². The van der Waals surface area contributed by atoms with Gasteiger partial charge in [0.2, 0.25) is 0 Å². The van der Waals surface area contributed by atoms with E-state index in [1.807, 2.05) is 0 Å². The summed E-state index contributed by atoms with van der Waals surface area (Å²) in [4.78, 5) is 2.61. The molecule has 0 aromatic rings. The Morgan fingerprint density at radius 2 is 1.75 bits per heavy atom. The first kappa shape index (κ1) is 13.2. The fraction of sp³-hybridized carbons (Fsp3) is 1.00. The maximum atomic E-state index is 7.99. The predicted molar refractivity (Wildman–Crippen MR) is 56.2 cm³/mol. The van der Waals surface area contributed by atoms with Crippen LogP contribution < -0.4 is 0 Å². The van der Waals surface area contributed by atoms with Crippen LogP contribution in [0.1, 0.15) is 0 Å². The summed E-state index contributed by atoms with van der Waals surface area (Å²) in [6, 6.07) is 0. The second kappa shape index (κ2) is 9.38.